The van der Waals surface area contributed by atoms with Gasteiger partial charge in [-0.1, -0.05) is 0 Å². The molecular formula is C12H10F4N2O3. The average molecular weight is 306 g/mol. The lowest BCUT2D eigenvalue weighted by Gasteiger charge is -2.31. The monoisotopic (exact) mass is 306 g/mol. The summed E-state index contributed by atoms with van der Waals surface area (Å²) >= 11 is 0. The second-order valence-electron chi connectivity index (χ2n) is 4.42. The van der Waals surface area contributed by atoms with Crippen LogP contribution in [-0.2, 0) is 10.3 Å². The zero-order valence-electron chi connectivity index (χ0n) is 10.6. The molecular weight excluding hydrogens is 296 g/mol. The van der Waals surface area contributed by atoms with Crippen LogP contribution >= 0.6 is 0 Å². The summed E-state index contributed by atoms with van der Waals surface area (Å²) in [6, 6.07) is 2.02. The second-order valence-corrected chi connectivity index (χ2v) is 4.42. The van der Waals surface area contributed by atoms with Crippen LogP contribution in [0.15, 0.2) is 23.2 Å². The molecule has 1 heterocycles. The fourth-order valence-electron chi connectivity index (χ4n) is 2.13. The first kappa shape index (κ1) is 15.4. The molecule has 0 saturated carbocycles. The Balaban J connectivity index is 2.67. The lowest BCUT2D eigenvalue weighted by atomic mass is 9.86. The summed E-state index contributed by atoms with van der Waals surface area (Å²) in [5.41, 5.74) is -4.37. The zero-order valence-corrected chi connectivity index (χ0v) is 10.6. The predicted molar refractivity (Wildman–Crippen MR) is 64.7 cm³/mol. The molecule has 2 rings (SSSR count). The molecule has 0 spiro atoms. The number of hydrogen-bond donors (Lipinski definition) is 0. The van der Waals surface area contributed by atoms with Crippen LogP contribution < -0.4 is 0 Å². The fourth-order valence-corrected chi connectivity index (χ4v) is 2.13. The number of halogens is 4. The molecule has 0 bridgehead atoms. The zero-order chi connectivity index (χ0) is 15.7. The van der Waals surface area contributed by atoms with Gasteiger partial charge >= 0.3 is 6.18 Å². The molecule has 0 amide bonds. The third-order valence-corrected chi connectivity index (χ3v) is 3.19. The van der Waals surface area contributed by atoms with Gasteiger partial charge < -0.3 is 4.74 Å². The van der Waals surface area contributed by atoms with Gasteiger partial charge in [-0.25, -0.2) is 4.39 Å². The van der Waals surface area contributed by atoms with Crippen molar-refractivity contribution in [3.63, 3.8) is 0 Å². The SMILES string of the molecule is O=[N+]([O-])c1ccc(F)c(C2(C(F)(F)F)CCOCC=N2)c1. The van der Waals surface area contributed by atoms with E-state index in [1.165, 1.54) is 0 Å². The van der Waals surface area contributed by atoms with Gasteiger partial charge in [0.1, 0.15) is 5.82 Å². The highest BCUT2D eigenvalue weighted by atomic mass is 19.4. The average Bonchev–Trinajstić information content (AvgIpc) is 2.64. The van der Waals surface area contributed by atoms with E-state index in [1.807, 2.05) is 0 Å². The number of benzene rings is 1. The van der Waals surface area contributed by atoms with Crippen LogP contribution in [0, 0.1) is 15.9 Å². The van der Waals surface area contributed by atoms with Crippen LogP contribution in [0.25, 0.3) is 0 Å². The van der Waals surface area contributed by atoms with E-state index in [-0.39, 0.29) is 13.2 Å². The Labute approximate surface area is 116 Å². The Hall–Kier alpha value is -2.03. The van der Waals surface area contributed by atoms with E-state index >= 15 is 0 Å². The van der Waals surface area contributed by atoms with Gasteiger partial charge in [0.25, 0.3) is 5.69 Å². The Morgan fingerprint density at radius 3 is 2.71 bits per heavy atom. The lowest BCUT2D eigenvalue weighted by molar-refractivity contribution is -0.385. The Morgan fingerprint density at radius 1 is 1.38 bits per heavy atom. The van der Waals surface area contributed by atoms with E-state index in [0.717, 1.165) is 12.3 Å². The number of aliphatic imine (C=N–C) groups is 1. The highest BCUT2D eigenvalue weighted by Crippen LogP contribution is 2.47. The predicted octanol–water partition coefficient (Wildman–Crippen LogP) is 2.98. The van der Waals surface area contributed by atoms with E-state index in [4.69, 9.17) is 4.74 Å². The van der Waals surface area contributed by atoms with Crippen molar-refractivity contribution in [1.29, 1.82) is 0 Å². The molecule has 21 heavy (non-hydrogen) atoms. The van der Waals surface area contributed by atoms with Crippen LogP contribution in [0.1, 0.15) is 12.0 Å². The normalized spacial score (nSPS) is 22.9. The van der Waals surface area contributed by atoms with Gasteiger partial charge in [0.2, 0.25) is 0 Å². The molecule has 5 nitrogen and oxygen atoms in total. The molecule has 114 valence electrons. The minimum atomic E-state index is -4.91. The number of nitro groups is 1. The number of hydrogen-bond acceptors (Lipinski definition) is 4. The number of non-ortho nitro benzene ring substituents is 1. The van der Waals surface area contributed by atoms with Gasteiger partial charge in [-0.2, -0.15) is 13.2 Å². The summed E-state index contributed by atoms with van der Waals surface area (Å²) in [7, 11) is 0. The third kappa shape index (κ3) is 2.73. The highest BCUT2D eigenvalue weighted by Gasteiger charge is 2.57. The van der Waals surface area contributed by atoms with Crippen molar-refractivity contribution in [2.75, 3.05) is 13.2 Å². The number of nitrogens with zero attached hydrogens (tertiary/aromatic N) is 2. The summed E-state index contributed by atoms with van der Waals surface area (Å²) in [6.45, 7) is -0.421. The number of ether oxygens (including phenoxy) is 1. The molecule has 9 heteroatoms. The quantitative estimate of drug-likeness (QED) is 0.479. The third-order valence-electron chi connectivity index (χ3n) is 3.19. The summed E-state index contributed by atoms with van der Waals surface area (Å²) in [4.78, 5) is 13.2. The number of alkyl halides is 3. The van der Waals surface area contributed by atoms with Crippen molar-refractivity contribution in [3.05, 3.63) is 39.7 Å². The summed E-state index contributed by atoms with van der Waals surface area (Å²) < 4.78 is 59.2. The molecule has 1 aliphatic heterocycles. The smallest absolute Gasteiger partial charge is 0.376 e. The Morgan fingerprint density at radius 2 is 2.10 bits per heavy atom. The van der Waals surface area contributed by atoms with Crippen molar-refractivity contribution >= 4 is 11.9 Å². The van der Waals surface area contributed by atoms with Crippen LogP contribution in [0.4, 0.5) is 23.2 Å². The number of rotatable bonds is 2. The van der Waals surface area contributed by atoms with Gasteiger partial charge in [0.15, 0.2) is 5.54 Å². The van der Waals surface area contributed by atoms with Gasteiger partial charge in [-0.3, -0.25) is 15.1 Å². The molecule has 1 aromatic rings. The molecule has 0 aromatic heterocycles. The van der Waals surface area contributed by atoms with Gasteiger partial charge in [0.05, 0.1) is 18.1 Å². The van der Waals surface area contributed by atoms with Crippen molar-refractivity contribution in [3.8, 4) is 0 Å². The van der Waals surface area contributed by atoms with Crippen molar-refractivity contribution < 1.29 is 27.2 Å². The molecule has 1 atom stereocenters. The Kier molecular flexibility index (Phi) is 3.95. The van der Waals surface area contributed by atoms with E-state index in [9.17, 15) is 27.7 Å². The summed E-state index contributed by atoms with van der Waals surface area (Å²) in [5.74, 6) is -1.20. The van der Waals surface area contributed by atoms with Crippen LogP contribution in [0.2, 0.25) is 0 Å². The first-order valence-electron chi connectivity index (χ1n) is 5.90. The molecule has 1 aromatic carbocycles. The van der Waals surface area contributed by atoms with Crippen LogP contribution in [-0.4, -0.2) is 30.5 Å². The molecule has 1 aliphatic rings. The molecule has 0 radical (unpaired) electrons. The van der Waals surface area contributed by atoms with E-state index in [2.05, 4.69) is 4.99 Å². The van der Waals surface area contributed by atoms with E-state index in [0.29, 0.717) is 12.1 Å². The molecule has 0 saturated heterocycles. The van der Waals surface area contributed by atoms with Crippen molar-refractivity contribution in [1.82, 2.24) is 0 Å². The van der Waals surface area contributed by atoms with Gasteiger partial charge in [-0.15, -0.1) is 0 Å². The largest absolute Gasteiger partial charge is 0.417 e. The fraction of sp³-hybridized carbons (Fsp3) is 0.417. The van der Waals surface area contributed by atoms with Gasteiger partial charge in [0, 0.05) is 30.3 Å². The maximum absolute atomic E-state index is 13.9. The molecule has 0 fully saturated rings. The van der Waals surface area contributed by atoms with E-state index in [1.54, 1.807) is 0 Å². The maximum Gasteiger partial charge on any atom is 0.417 e. The van der Waals surface area contributed by atoms with Gasteiger partial charge in [-0.05, 0) is 6.07 Å². The standard InChI is InChI=1S/C12H10F4N2O3/c13-10-2-1-8(18(19)20)7-9(10)11(12(14,15)16)3-5-21-6-4-17-11/h1-2,4,7H,3,5-6H2. The molecule has 0 aliphatic carbocycles. The molecule has 0 N–H and O–H groups in total. The second kappa shape index (κ2) is 5.40. The first-order valence-corrected chi connectivity index (χ1v) is 5.90. The van der Waals surface area contributed by atoms with Crippen molar-refractivity contribution in [2.45, 2.75) is 18.1 Å². The topological polar surface area (TPSA) is 64.7 Å². The van der Waals surface area contributed by atoms with Crippen molar-refractivity contribution in [2.24, 2.45) is 4.99 Å². The van der Waals surface area contributed by atoms with Crippen LogP contribution in [0.5, 0.6) is 0 Å². The minimum Gasteiger partial charge on any atom is -0.376 e. The van der Waals surface area contributed by atoms with E-state index < -0.39 is 40.1 Å². The minimum absolute atomic E-state index is 0.131. The molecule has 1 unspecified atom stereocenters. The summed E-state index contributed by atoms with van der Waals surface area (Å²) in [5, 5.41) is 10.7. The lowest BCUT2D eigenvalue weighted by Crippen LogP contribution is -2.42. The highest BCUT2D eigenvalue weighted by molar-refractivity contribution is 5.60. The first-order chi connectivity index (χ1) is 9.78. The maximum atomic E-state index is 13.9. The number of nitro benzene ring substituents is 1. The Bertz CT molecular complexity index is 588. The van der Waals surface area contributed by atoms with Crippen LogP contribution in [0.3, 0.4) is 0 Å². The summed E-state index contributed by atoms with van der Waals surface area (Å²) in [6.07, 6.45) is -4.66.